The average Bonchev–Trinajstić information content (AvgIpc) is 3.36. The molecule has 4 rings (SSSR count). The summed E-state index contributed by atoms with van der Waals surface area (Å²) in [5, 5.41) is 17.0. The van der Waals surface area contributed by atoms with Crippen LogP contribution in [0.25, 0.3) is 5.82 Å². The Balaban J connectivity index is 1.39. The largest absolute Gasteiger partial charge is 0.438 e. The molecular formula is C19H15N5O2S. The molecule has 0 fully saturated rings. The molecule has 134 valence electrons. The van der Waals surface area contributed by atoms with Gasteiger partial charge < -0.3 is 10.1 Å². The van der Waals surface area contributed by atoms with E-state index >= 15 is 0 Å². The fourth-order valence-electron chi connectivity index (χ4n) is 2.36. The number of carbonyl (C=O) groups excluding carboxylic acids is 1. The Bertz CT molecular complexity index is 1040. The number of aromatic nitrogens is 4. The van der Waals surface area contributed by atoms with Gasteiger partial charge in [-0.3, -0.25) is 4.79 Å². The van der Waals surface area contributed by atoms with Crippen LogP contribution < -0.4 is 10.1 Å². The molecule has 3 aromatic heterocycles. The standard InChI is InChI=1S/C19H15N5O2S/c1-13-11-16(27-12-13)19(25)21-14-3-5-15(6-4-14)26-18-8-7-17(22-23-18)24-10-2-9-20-24/h2-12H,1H3,(H,21,25). The van der Waals surface area contributed by atoms with Gasteiger partial charge in [0.1, 0.15) is 5.75 Å². The Hall–Kier alpha value is -3.52. The number of hydrogen-bond donors (Lipinski definition) is 1. The highest BCUT2D eigenvalue weighted by Gasteiger charge is 2.09. The number of nitrogens with zero attached hydrogens (tertiary/aromatic N) is 4. The summed E-state index contributed by atoms with van der Waals surface area (Å²) in [5.74, 6) is 1.45. The Morgan fingerprint density at radius 1 is 1.15 bits per heavy atom. The van der Waals surface area contributed by atoms with Gasteiger partial charge in [0.05, 0.1) is 4.88 Å². The van der Waals surface area contributed by atoms with Crippen LogP contribution in [0.4, 0.5) is 5.69 Å². The Kier molecular flexibility index (Phi) is 4.63. The van der Waals surface area contributed by atoms with Crippen LogP contribution in [0.15, 0.2) is 66.3 Å². The highest BCUT2D eigenvalue weighted by molar-refractivity contribution is 7.12. The number of nitrogens with one attached hydrogen (secondary N) is 1. The van der Waals surface area contributed by atoms with Crippen LogP contribution in [-0.4, -0.2) is 25.9 Å². The molecule has 1 amide bonds. The van der Waals surface area contributed by atoms with E-state index in [1.54, 1.807) is 53.5 Å². The van der Waals surface area contributed by atoms with Crippen molar-refractivity contribution >= 4 is 22.9 Å². The molecule has 1 N–H and O–H groups in total. The van der Waals surface area contributed by atoms with Gasteiger partial charge >= 0.3 is 0 Å². The fraction of sp³-hybridized carbons (Fsp3) is 0.0526. The molecule has 0 unspecified atom stereocenters. The summed E-state index contributed by atoms with van der Waals surface area (Å²) in [6, 6.07) is 14.2. The van der Waals surface area contributed by atoms with Crippen LogP contribution >= 0.6 is 11.3 Å². The topological polar surface area (TPSA) is 81.9 Å². The lowest BCUT2D eigenvalue weighted by Gasteiger charge is -2.07. The lowest BCUT2D eigenvalue weighted by molar-refractivity contribution is 0.103. The zero-order valence-electron chi connectivity index (χ0n) is 14.4. The van der Waals surface area contributed by atoms with Gasteiger partial charge in [0.25, 0.3) is 5.91 Å². The highest BCUT2D eigenvalue weighted by Crippen LogP contribution is 2.22. The maximum absolute atomic E-state index is 12.2. The van der Waals surface area contributed by atoms with E-state index in [4.69, 9.17) is 4.74 Å². The number of anilines is 1. The molecule has 1 aromatic carbocycles. The van der Waals surface area contributed by atoms with Gasteiger partial charge in [-0.1, -0.05) is 0 Å². The first kappa shape index (κ1) is 16.9. The number of thiophene rings is 1. The third kappa shape index (κ3) is 4.01. The second-order valence-corrected chi connectivity index (χ2v) is 6.66. The zero-order valence-corrected chi connectivity index (χ0v) is 15.2. The minimum absolute atomic E-state index is 0.123. The third-order valence-electron chi connectivity index (χ3n) is 3.65. The van der Waals surface area contributed by atoms with E-state index in [1.165, 1.54) is 11.3 Å². The van der Waals surface area contributed by atoms with Crippen molar-refractivity contribution < 1.29 is 9.53 Å². The van der Waals surface area contributed by atoms with Gasteiger partial charge in [0.15, 0.2) is 5.82 Å². The van der Waals surface area contributed by atoms with Crippen molar-refractivity contribution in [3.63, 3.8) is 0 Å². The number of amides is 1. The predicted octanol–water partition coefficient (Wildman–Crippen LogP) is 4.08. The predicted molar refractivity (Wildman–Crippen MR) is 103 cm³/mol. The minimum atomic E-state index is -0.123. The van der Waals surface area contributed by atoms with Gasteiger partial charge in [-0.25, -0.2) is 4.68 Å². The monoisotopic (exact) mass is 377 g/mol. The molecule has 0 radical (unpaired) electrons. The molecule has 0 saturated carbocycles. The summed E-state index contributed by atoms with van der Waals surface area (Å²) < 4.78 is 7.30. The van der Waals surface area contributed by atoms with E-state index in [0.717, 1.165) is 5.56 Å². The minimum Gasteiger partial charge on any atom is -0.438 e. The summed E-state index contributed by atoms with van der Waals surface area (Å²) in [7, 11) is 0. The number of hydrogen-bond acceptors (Lipinski definition) is 6. The summed E-state index contributed by atoms with van der Waals surface area (Å²) in [6.45, 7) is 1.96. The second kappa shape index (κ2) is 7.38. The molecule has 0 bridgehead atoms. The first-order chi connectivity index (χ1) is 13.2. The van der Waals surface area contributed by atoms with E-state index in [9.17, 15) is 4.79 Å². The second-order valence-electron chi connectivity index (χ2n) is 5.75. The Morgan fingerprint density at radius 3 is 2.63 bits per heavy atom. The molecular weight excluding hydrogens is 362 g/mol. The molecule has 0 atom stereocenters. The molecule has 0 aliphatic carbocycles. The molecule has 3 heterocycles. The number of ether oxygens (including phenoxy) is 1. The number of carbonyl (C=O) groups is 1. The summed E-state index contributed by atoms with van der Waals surface area (Å²) in [6.07, 6.45) is 3.46. The fourth-order valence-corrected chi connectivity index (χ4v) is 3.16. The summed E-state index contributed by atoms with van der Waals surface area (Å²) in [4.78, 5) is 12.9. The van der Waals surface area contributed by atoms with Crippen molar-refractivity contribution in [2.24, 2.45) is 0 Å². The van der Waals surface area contributed by atoms with Crippen molar-refractivity contribution in [3.05, 3.63) is 76.7 Å². The van der Waals surface area contributed by atoms with E-state index in [0.29, 0.717) is 28.0 Å². The van der Waals surface area contributed by atoms with E-state index < -0.39 is 0 Å². The Morgan fingerprint density at radius 2 is 2.00 bits per heavy atom. The van der Waals surface area contributed by atoms with Crippen LogP contribution in [0.2, 0.25) is 0 Å². The average molecular weight is 377 g/mol. The van der Waals surface area contributed by atoms with Crippen LogP contribution in [0.1, 0.15) is 15.2 Å². The van der Waals surface area contributed by atoms with Crippen molar-refractivity contribution in [2.75, 3.05) is 5.32 Å². The summed E-state index contributed by atoms with van der Waals surface area (Å²) >= 11 is 1.42. The normalized spacial score (nSPS) is 10.6. The first-order valence-corrected chi connectivity index (χ1v) is 9.03. The van der Waals surface area contributed by atoms with Crippen molar-refractivity contribution in [3.8, 4) is 17.4 Å². The number of aryl methyl sites for hydroxylation is 1. The molecule has 0 aliphatic heterocycles. The van der Waals surface area contributed by atoms with Crippen molar-refractivity contribution in [1.82, 2.24) is 20.0 Å². The smallest absolute Gasteiger partial charge is 0.265 e. The van der Waals surface area contributed by atoms with Crippen molar-refractivity contribution in [2.45, 2.75) is 6.92 Å². The molecule has 0 aliphatic rings. The number of rotatable bonds is 5. The molecule has 8 heteroatoms. The molecule has 0 saturated heterocycles. The van der Waals surface area contributed by atoms with Gasteiger partial charge in [-0.15, -0.1) is 21.5 Å². The lowest BCUT2D eigenvalue weighted by Crippen LogP contribution is -2.09. The van der Waals surface area contributed by atoms with Crippen LogP contribution in [0, 0.1) is 6.92 Å². The molecule has 0 spiro atoms. The van der Waals surface area contributed by atoms with Gasteiger partial charge in [-0.05, 0) is 60.3 Å². The zero-order chi connectivity index (χ0) is 18.6. The molecule has 27 heavy (non-hydrogen) atoms. The third-order valence-corrected chi connectivity index (χ3v) is 4.70. The Labute approximate surface area is 159 Å². The molecule has 7 nitrogen and oxygen atoms in total. The van der Waals surface area contributed by atoms with Crippen LogP contribution in [-0.2, 0) is 0 Å². The SMILES string of the molecule is Cc1csc(C(=O)Nc2ccc(Oc3ccc(-n4cccn4)nn3)cc2)c1. The van der Waals surface area contributed by atoms with Crippen LogP contribution in [0.3, 0.4) is 0 Å². The highest BCUT2D eigenvalue weighted by atomic mass is 32.1. The van der Waals surface area contributed by atoms with Gasteiger partial charge in [0.2, 0.25) is 5.88 Å². The molecule has 4 aromatic rings. The number of benzene rings is 1. The summed E-state index contributed by atoms with van der Waals surface area (Å²) in [5.41, 5.74) is 1.77. The van der Waals surface area contributed by atoms with Crippen LogP contribution in [0.5, 0.6) is 11.6 Å². The van der Waals surface area contributed by atoms with E-state index in [1.807, 2.05) is 24.4 Å². The van der Waals surface area contributed by atoms with E-state index in [2.05, 4.69) is 20.6 Å². The first-order valence-electron chi connectivity index (χ1n) is 8.15. The van der Waals surface area contributed by atoms with E-state index in [-0.39, 0.29) is 5.91 Å². The quantitative estimate of drug-likeness (QED) is 0.567. The van der Waals surface area contributed by atoms with Gasteiger partial charge in [0, 0.05) is 24.1 Å². The maximum Gasteiger partial charge on any atom is 0.265 e. The van der Waals surface area contributed by atoms with Crippen molar-refractivity contribution in [1.29, 1.82) is 0 Å². The lowest BCUT2D eigenvalue weighted by atomic mass is 10.3. The maximum atomic E-state index is 12.2. The van der Waals surface area contributed by atoms with Gasteiger partial charge in [-0.2, -0.15) is 5.10 Å².